The first-order valence-corrected chi connectivity index (χ1v) is 11.5. The maximum Gasteiger partial charge on any atom is 0.191 e. The van der Waals surface area contributed by atoms with Gasteiger partial charge in [0.2, 0.25) is 0 Å². The van der Waals surface area contributed by atoms with Crippen molar-refractivity contribution in [2.45, 2.75) is 31.8 Å². The molecule has 4 rings (SSSR count). The van der Waals surface area contributed by atoms with Crippen molar-refractivity contribution in [1.82, 2.24) is 30.7 Å². The molecule has 3 aromatic rings. The van der Waals surface area contributed by atoms with Crippen molar-refractivity contribution in [3.8, 4) is 17.1 Å². The molecule has 3 N–H and O–H groups in total. The monoisotopic (exact) mass is 447 g/mol. The minimum absolute atomic E-state index is 0.282. The van der Waals surface area contributed by atoms with E-state index < -0.39 is 0 Å². The van der Waals surface area contributed by atoms with E-state index in [0.717, 1.165) is 48.3 Å². The van der Waals surface area contributed by atoms with Gasteiger partial charge in [0, 0.05) is 25.7 Å². The Morgan fingerprint density at radius 1 is 1.12 bits per heavy atom. The van der Waals surface area contributed by atoms with Crippen LogP contribution < -0.4 is 15.4 Å². The van der Waals surface area contributed by atoms with Crippen LogP contribution in [0.2, 0.25) is 0 Å². The molecule has 0 aliphatic carbocycles. The summed E-state index contributed by atoms with van der Waals surface area (Å²) in [4.78, 5) is 11.3. The number of hydrogen-bond acceptors (Lipinski definition) is 5. The highest BCUT2D eigenvalue weighted by Crippen LogP contribution is 2.26. The number of ether oxygens (including phenoxy) is 1. The van der Waals surface area contributed by atoms with Gasteiger partial charge < -0.3 is 15.4 Å². The van der Waals surface area contributed by atoms with Gasteiger partial charge >= 0.3 is 0 Å². The van der Waals surface area contributed by atoms with Crippen LogP contribution >= 0.6 is 0 Å². The van der Waals surface area contributed by atoms with Crippen molar-refractivity contribution in [3.05, 3.63) is 66.0 Å². The lowest BCUT2D eigenvalue weighted by Gasteiger charge is -2.35. The number of H-pyrrole nitrogens is 1. The fourth-order valence-electron chi connectivity index (χ4n) is 4.29. The van der Waals surface area contributed by atoms with Crippen molar-refractivity contribution in [3.63, 3.8) is 0 Å². The van der Waals surface area contributed by atoms with Crippen LogP contribution in [-0.2, 0) is 6.54 Å². The van der Waals surface area contributed by atoms with Gasteiger partial charge in [0.25, 0.3) is 0 Å². The molecule has 0 spiro atoms. The maximum atomic E-state index is 5.35. The molecule has 1 unspecified atom stereocenters. The number of aromatic nitrogens is 3. The Hall–Kier alpha value is -3.39. The Morgan fingerprint density at radius 3 is 2.64 bits per heavy atom. The van der Waals surface area contributed by atoms with Crippen LogP contribution in [0.1, 0.15) is 36.4 Å². The van der Waals surface area contributed by atoms with E-state index in [0.29, 0.717) is 6.54 Å². The van der Waals surface area contributed by atoms with Crippen LogP contribution in [0.3, 0.4) is 0 Å². The Kier molecular flexibility index (Phi) is 7.92. The van der Waals surface area contributed by atoms with Crippen LogP contribution in [-0.4, -0.2) is 59.8 Å². The fraction of sp³-hybridized carbons (Fsp3) is 0.400. The summed E-state index contributed by atoms with van der Waals surface area (Å²) in [5, 5.41) is 13.8. The lowest BCUT2D eigenvalue weighted by atomic mass is 10.0. The van der Waals surface area contributed by atoms with Crippen molar-refractivity contribution in [2.24, 2.45) is 4.99 Å². The summed E-state index contributed by atoms with van der Waals surface area (Å²) in [6, 6.07) is 17.0. The van der Waals surface area contributed by atoms with E-state index in [4.69, 9.17) is 4.74 Å². The lowest BCUT2D eigenvalue weighted by molar-refractivity contribution is 0.164. The summed E-state index contributed by atoms with van der Waals surface area (Å²) in [5.41, 5.74) is 3.45. The van der Waals surface area contributed by atoms with E-state index in [9.17, 15) is 0 Å². The second-order valence-electron chi connectivity index (χ2n) is 8.23. The van der Waals surface area contributed by atoms with Crippen LogP contribution in [0.4, 0.5) is 0 Å². The molecule has 1 atom stereocenters. The average Bonchev–Trinajstić information content (AvgIpc) is 3.42. The molecule has 1 aromatic heterocycles. The third kappa shape index (κ3) is 6.10. The molecule has 1 saturated heterocycles. The van der Waals surface area contributed by atoms with Gasteiger partial charge in [0.1, 0.15) is 12.1 Å². The summed E-state index contributed by atoms with van der Waals surface area (Å²) >= 11 is 0. The van der Waals surface area contributed by atoms with Gasteiger partial charge in [-0.1, -0.05) is 36.8 Å². The summed E-state index contributed by atoms with van der Waals surface area (Å²) < 4.78 is 5.35. The zero-order valence-corrected chi connectivity index (χ0v) is 19.4. The molecule has 1 aliphatic rings. The molecule has 2 heterocycles. The second kappa shape index (κ2) is 11.5. The minimum atomic E-state index is 0.282. The number of methoxy groups -OCH3 is 1. The van der Waals surface area contributed by atoms with Gasteiger partial charge in [0.05, 0.1) is 13.2 Å². The molecule has 2 aromatic carbocycles. The number of aliphatic imine (C=N–C) groups is 1. The highest BCUT2D eigenvalue weighted by Gasteiger charge is 2.22. The van der Waals surface area contributed by atoms with Gasteiger partial charge in [-0.05, 0) is 55.3 Å². The molecule has 8 nitrogen and oxygen atoms in total. The number of likely N-dealkylation sites (tertiary alicyclic amines) is 1. The summed E-state index contributed by atoms with van der Waals surface area (Å²) in [5.74, 6) is 2.44. The molecule has 174 valence electrons. The van der Waals surface area contributed by atoms with Crippen LogP contribution in [0.5, 0.6) is 5.75 Å². The van der Waals surface area contributed by atoms with E-state index in [2.05, 4.69) is 60.0 Å². The van der Waals surface area contributed by atoms with Gasteiger partial charge in [-0.15, -0.1) is 0 Å². The van der Waals surface area contributed by atoms with E-state index in [1.165, 1.54) is 31.2 Å². The molecule has 0 bridgehead atoms. The highest BCUT2D eigenvalue weighted by atomic mass is 16.5. The Morgan fingerprint density at radius 2 is 1.94 bits per heavy atom. The molecular formula is C25H33N7O. The first-order valence-electron chi connectivity index (χ1n) is 11.5. The van der Waals surface area contributed by atoms with E-state index in [1.54, 1.807) is 7.11 Å². The smallest absolute Gasteiger partial charge is 0.191 e. The number of nitrogens with zero attached hydrogens (tertiary/aromatic N) is 4. The van der Waals surface area contributed by atoms with Crippen LogP contribution in [0, 0.1) is 0 Å². The van der Waals surface area contributed by atoms with E-state index in [1.807, 2.05) is 31.3 Å². The average molecular weight is 448 g/mol. The molecule has 0 saturated carbocycles. The third-order valence-corrected chi connectivity index (χ3v) is 6.09. The van der Waals surface area contributed by atoms with Gasteiger partial charge in [-0.25, -0.2) is 4.98 Å². The number of benzene rings is 2. The largest absolute Gasteiger partial charge is 0.497 e. The molecule has 0 radical (unpaired) electrons. The van der Waals surface area contributed by atoms with Gasteiger partial charge in [-0.3, -0.25) is 15.0 Å². The molecule has 0 amide bonds. The number of guanidine groups is 1. The number of piperidine rings is 1. The Balaban J connectivity index is 1.39. The molecule has 33 heavy (non-hydrogen) atoms. The highest BCUT2D eigenvalue weighted by molar-refractivity contribution is 5.79. The van der Waals surface area contributed by atoms with Crippen molar-refractivity contribution < 1.29 is 4.74 Å². The first kappa shape index (κ1) is 22.8. The zero-order valence-electron chi connectivity index (χ0n) is 19.4. The van der Waals surface area contributed by atoms with Crippen molar-refractivity contribution in [2.75, 3.05) is 33.8 Å². The predicted octanol–water partition coefficient (Wildman–Crippen LogP) is 3.37. The molecule has 1 fully saturated rings. The quantitative estimate of drug-likeness (QED) is 0.362. The standard InChI is InChI=1S/C25H33N7O/c1-26-25(27-16-19-7-6-8-21(15-19)24-29-18-30-31-24)28-17-23(32-13-4-3-5-14-32)20-9-11-22(33-2)12-10-20/h6-12,15,18,23H,3-5,13-14,16-17H2,1-2H3,(H2,26,27,28)(H,29,30,31). The number of nitrogens with one attached hydrogen (secondary N) is 3. The molecule has 8 heteroatoms. The fourth-order valence-corrected chi connectivity index (χ4v) is 4.29. The maximum absolute atomic E-state index is 5.35. The SMILES string of the molecule is CN=C(NCc1cccc(-c2ncn[nH]2)c1)NCC(c1ccc(OC)cc1)N1CCCCC1. The van der Waals surface area contributed by atoms with Crippen LogP contribution in [0.25, 0.3) is 11.4 Å². The summed E-state index contributed by atoms with van der Waals surface area (Å²) in [6.07, 6.45) is 5.34. The first-order chi connectivity index (χ1) is 16.3. The Labute approximate surface area is 195 Å². The predicted molar refractivity (Wildman–Crippen MR) is 131 cm³/mol. The van der Waals surface area contributed by atoms with Crippen molar-refractivity contribution in [1.29, 1.82) is 0 Å². The Bertz CT molecular complexity index is 1010. The number of rotatable bonds is 8. The number of aromatic amines is 1. The van der Waals surface area contributed by atoms with Crippen LogP contribution in [0.15, 0.2) is 59.9 Å². The second-order valence-corrected chi connectivity index (χ2v) is 8.23. The minimum Gasteiger partial charge on any atom is -0.497 e. The van der Waals surface area contributed by atoms with Gasteiger partial charge in [-0.2, -0.15) is 5.10 Å². The van der Waals surface area contributed by atoms with E-state index >= 15 is 0 Å². The summed E-state index contributed by atoms with van der Waals surface area (Å²) in [7, 11) is 3.51. The number of hydrogen-bond donors (Lipinski definition) is 3. The lowest BCUT2D eigenvalue weighted by Crippen LogP contribution is -2.44. The molecular weight excluding hydrogens is 414 g/mol. The zero-order chi connectivity index (χ0) is 22.9. The van der Waals surface area contributed by atoms with Gasteiger partial charge in [0.15, 0.2) is 11.8 Å². The van der Waals surface area contributed by atoms with E-state index in [-0.39, 0.29) is 6.04 Å². The third-order valence-electron chi connectivity index (χ3n) is 6.09. The van der Waals surface area contributed by atoms with Crippen molar-refractivity contribution >= 4 is 5.96 Å². The normalized spacial score (nSPS) is 15.8. The topological polar surface area (TPSA) is 90.5 Å². The molecule has 1 aliphatic heterocycles. The summed E-state index contributed by atoms with van der Waals surface area (Å²) in [6.45, 7) is 3.69.